The van der Waals surface area contributed by atoms with Crippen LogP contribution < -0.4 is 4.85 Å². The Hall–Kier alpha value is -1.20. The second-order valence-electron chi connectivity index (χ2n) is 10.8. The number of aliphatic hydroxyl groups is 2. The fraction of sp³-hybridized carbons (Fsp3) is 0.826. The monoisotopic (exact) mass is 386 g/mol. The molecule has 4 aliphatic rings. The van der Waals surface area contributed by atoms with Gasteiger partial charge < -0.3 is 15.4 Å². The van der Waals surface area contributed by atoms with Crippen LogP contribution in [0.15, 0.2) is 18.5 Å². The van der Waals surface area contributed by atoms with Crippen LogP contribution in [-0.4, -0.2) is 27.0 Å². The van der Waals surface area contributed by atoms with E-state index in [1.807, 2.05) is 6.07 Å². The fourth-order valence-electron chi connectivity index (χ4n) is 8.33. The summed E-state index contributed by atoms with van der Waals surface area (Å²) in [5.74, 6) is 1.72. The summed E-state index contributed by atoms with van der Waals surface area (Å²) in [6.45, 7) is 4.72. The minimum Gasteiger partial charge on any atom is -0.594 e. The van der Waals surface area contributed by atoms with Gasteiger partial charge in [0.2, 0.25) is 6.20 Å². The van der Waals surface area contributed by atoms with Crippen molar-refractivity contribution in [3.63, 3.8) is 0 Å². The van der Waals surface area contributed by atoms with E-state index in [1.165, 1.54) is 0 Å². The Labute approximate surface area is 167 Å². The molecule has 0 aliphatic heterocycles. The molecule has 0 aromatic carbocycles. The molecule has 0 radical (unpaired) electrons. The first kappa shape index (κ1) is 18.8. The molecule has 2 N–H and O–H groups in total. The SMILES string of the molecule is C[C@]12CC[C@H](O)C[C@H]1CC[C@@H]1[C@@H]2CC[C@]2(C)[C@@H](c3ccn[n+]([O-])c3)CC[C@]12O. The van der Waals surface area contributed by atoms with Gasteiger partial charge in [0.15, 0.2) is 0 Å². The topological polar surface area (TPSA) is 80.3 Å². The van der Waals surface area contributed by atoms with Crippen LogP contribution in [0.2, 0.25) is 0 Å². The Morgan fingerprint density at radius 3 is 2.68 bits per heavy atom. The Morgan fingerprint density at radius 1 is 1.07 bits per heavy atom. The van der Waals surface area contributed by atoms with Gasteiger partial charge in [-0.1, -0.05) is 18.7 Å². The zero-order chi connectivity index (χ0) is 19.7. The fourth-order valence-corrected chi connectivity index (χ4v) is 8.33. The van der Waals surface area contributed by atoms with Gasteiger partial charge in [0.25, 0.3) is 0 Å². The average molecular weight is 387 g/mol. The maximum absolute atomic E-state index is 12.2. The molecule has 0 saturated heterocycles. The molecule has 5 nitrogen and oxygen atoms in total. The molecule has 4 fully saturated rings. The smallest absolute Gasteiger partial charge is 0.213 e. The standard InChI is InChI=1S/C23H34N2O3/c1-21-9-5-17(26)13-16(21)3-4-20-19(21)6-10-22(2)18(7-11-23(20,22)27)15-8-12-24-25(28)14-15/h8,12,14,16-20,26-27H,3-7,9-11,13H2,1-2H3/t16-,17+,18-,19+,20-,21+,22-,23+/m1/s1. The molecule has 4 aliphatic carbocycles. The highest BCUT2D eigenvalue weighted by atomic mass is 16.5. The zero-order valence-corrected chi connectivity index (χ0v) is 17.2. The van der Waals surface area contributed by atoms with Crippen LogP contribution in [0.1, 0.15) is 83.1 Å². The van der Waals surface area contributed by atoms with Crippen LogP contribution in [-0.2, 0) is 0 Å². The first-order valence-corrected chi connectivity index (χ1v) is 11.2. The molecule has 1 aromatic heterocycles. The minimum atomic E-state index is -0.651. The van der Waals surface area contributed by atoms with Crippen molar-refractivity contribution in [3.05, 3.63) is 29.2 Å². The van der Waals surface area contributed by atoms with Crippen molar-refractivity contribution < 1.29 is 15.1 Å². The van der Waals surface area contributed by atoms with E-state index in [1.54, 1.807) is 12.4 Å². The molecule has 1 aromatic rings. The van der Waals surface area contributed by atoms with E-state index in [-0.39, 0.29) is 22.9 Å². The lowest BCUT2D eigenvalue weighted by Gasteiger charge is -2.63. The van der Waals surface area contributed by atoms with Crippen LogP contribution >= 0.6 is 0 Å². The van der Waals surface area contributed by atoms with Gasteiger partial charge in [-0.25, -0.2) is 0 Å². The summed E-state index contributed by atoms with van der Waals surface area (Å²) in [4.78, 5) is 0.654. The van der Waals surface area contributed by atoms with E-state index in [0.29, 0.717) is 22.6 Å². The van der Waals surface area contributed by atoms with Crippen molar-refractivity contribution in [3.8, 4) is 0 Å². The van der Waals surface area contributed by atoms with Gasteiger partial charge in [0, 0.05) is 16.1 Å². The summed E-state index contributed by atoms with van der Waals surface area (Å²) in [7, 11) is 0. The average Bonchev–Trinajstić information content (AvgIpc) is 2.94. The number of aliphatic hydroxyl groups excluding tert-OH is 1. The predicted octanol–water partition coefficient (Wildman–Crippen LogP) is 3.32. The molecule has 8 atom stereocenters. The van der Waals surface area contributed by atoms with Gasteiger partial charge in [-0.2, -0.15) is 0 Å². The maximum atomic E-state index is 12.2. The minimum absolute atomic E-state index is 0.132. The van der Waals surface area contributed by atoms with Crippen LogP contribution in [0.4, 0.5) is 0 Å². The molecule has 1 heterocycles. The Kier molecular flexibility index (Phi) is 4.13. The molecule has 0 unspecified atom stereocenters. The number of fused-ring (bicyclic) bond motifs is 5. The highest BCUT2D eigenvalue weighted by molar-refractivity contribution is 5.26. The largest absolute Gasteiger partial charge is 0.594 e. The number of hydrogen-bond acceptors (Lipinski definition) is 4. The van der Waals surface area contributed by atoms with Gasteiger partial charge in [0.1, 0.15) is 0 Å². The summed E-state index contributed by atoms with van der Waals surface area (Å²) in [5, 5.41) is 37.9. The van der Waals surface area contributed by atoms with Crippen molar-refractivity contribution in [2.24, 2.45) is 28.6 Å². The van der Waals surface area contributed by atoms with Crippen LogP contribution in [0.5, 0.6) is 0 Å². The molecule has 0 bridgehead atoms. The first-order valence-electron chi connectivity index (χ1n) is 11.2. The summed E-state index contributed by atoms with van der Waals surface area (Å²) >= 11 is 0. The third-order valence-electron chi connectivity index (χ3n) is 9.93. The third kappa shape index (κ3) is 2.38. The lowest BCUT2D eigenvalue weighted by Crippen LogP contribution is -2.62. The number of rotatable bonds is 1. The van der Waals surface area contributed by atoms with E-state index in [4.69, 9.17) is 0 Å². The molecule has 154 valence electrons. The molecular weight excluding hydrogens is 352 g/mol. The van der Waals surface area contributed by atoms with Gasteiger partial charge >= 0.3 is 0 Å². The molecule has 4 saturated carbocycles. The van der Waals surface area contributed by atoms with Gasteiger partial charge in [-0.3, -0.25) is 0 Å². The number of nitrogens with zero attached hydrogens (tertiary/aromatic N) is 2. The van der Waals surface area contributed by atoms with E-state index >= 15 is 0 Å². The summed E-state index contributed by atoms with van der Waals surface area (Å²) in [6.07, 6.45) is 12.2. The van der Waals surface area contributed by atoms with Crippen molar-refractivity contribution in [2.45, 2.75) is 89.3 Å². The van der Waals surface area contributed by atoms with Crippen molar-refractivity contribution >= 4 is 0 Å². The van der Waals surface area contributed by atoms with Crippen molar-refractivity contribution in [1.82, 2.24) is 5.10 Å². The first-order chi connectivity index (χ1) is 13.3. The lowest BCUT2D eigenvalue weighted by molar-refractivity contribution is -0.669. The highest BCUT2D eigenvalue weighted by Gasteiger charge is 2.67. The molecule has 0 spiro atoms. The zero-order valence-electron chi connectivity index (χ0n) is 17.2. The highest BCUT2D eigenvalue weighted by Crippen LogP contribution is 2.70. The Bertz CT molecular complexity index is 772. The lowest BCUT2D eigenvalue weighted by atomic mass is 9.43. The van der Waals surface area contributed by atoms with Crippen LogP contribution in [0.3, 0.4) is 0 Å². The van der Waals surface area contributed by atoms with Gasteiger partial charge in [-0.15, -0.1) is 0 Å². The number of hydrogen-bond donors (Lipinski definition) is 2. The maximum Gasteiger partial charge on any atom is 0.213 e. The van der Waals surface area contributed by atoms with Gasteiger partial charge in [0.05, 0.1) is 17.9 Å². The summed E-state index contributed by atoms with van der Waals surface area (Å²) in [6, 6.07) is 1.96. The second kappa shape index (κ2) is 6.15. The molecular formula is C23H34N2O3. The van der Waals surface area contributed by atoms with Gasteiger partial charge in [-0.05, 0) is 92.9 Å². The van der Waals surface area contributed by atoms with Crippen LogP contribution in [0, 0.1) is 33.8 Å². The molecule has 0 amide bonds. The molecule has 5 rings (SSSR count). The second-order valence-corrected chi connectivity index (χ2v) is 10.8. The van der Waals surface area contributed by atoms with Crippen molar-refractivity contribution in [2.75, 3.05) is 0 Å². The van der Waals surface area contributed by atoms with E-state index in [2.05, 4.69) is 18.9 Å². The predicted molar refractivity (Wildman–Crippen MR) is 105 cm³/mol. The molecule has 28 heavy (non-hydrogen) atoms. The molecule has 5 heteroatoms. The van der Waals surface area contributed by atoms with Crippen LogP contribution in [0.25, 0.3) is 0 Å². The Morgan fingerprint density at radius 2 is 1.89 bits per heavy atom. The third-order valence-corrected chi connectivity index (χ3v) is 9.93. The summed E-state index contributed by atoms with van der Waals surface area (Å²) in [5.41, 5.74) is 0.454. The van der Waals surface area contributed by atoms with E-state index in [0.717, 1.165) is 63.4 Å². The normalized spacial score (nSPS) is 50.5. The summed E-state index contributed by atoms with van der Waals surface area (Å²) < 4.78 is 0. The Balaban J connectivity index is 1.49. The van der Waals surface area contributed by atoms with Crippen molar-refractivity contribution in [1.29, 1.82) is 0 Å². The number of aromatic nitrogens is 2. The van der Waals surface area contributed by atoms with E-state index < -0.39 is 5.60 Å². The quantitative estimate of drug-likeness (QED) is 0.573. The van der Waals surface area contributed by atoms with E-state index in [9.17, 15) is 15.4 Å².